The van der Waals surface area contributed by atoms with Crippen LogP contribution < -0.4 is 19.9 Å². The molecule has 1 aromatic rings. The fourth-order valence-electron chi connectivity index (χ4n) is 2.92. The zero-order valence-electron chi connectivity index (χ0n) is 16.0. The molecular weight excluding hydrogens is 364 g/mol. The molecule has 1 aliphatic heterocycles. The van der Waals surface area contributed by atoms with Crippen LogP contribution in [0.5, 0.6) is 5.75 Å². The second-order valence-corrected chi connectivity index (χ2v) is 6.65. The average Bonchev–Trinajstić information content (AvgIpc) is 2.66. The first-order valence-corrected chi connectivity index (χ1v) is 9.59. The summed E-state index contributed by atoms with van der Waals surface area (Å²) in [4.78, 5) is 32.2. The van der Waals surface area contributed by atoms with Crippen molar-refractivity contribution in [3.8, 4) is 5.75 Å². The van der Waals surface area contributed by atoms with Crippen LogP contribution in [-0.4, -0.2) is 56.4 Å². The molecule has 0 spiro atoms. The number of amides is 2. The van der Waals surface area contributed by atoms with E-state index in [9.17, 15) is 9.59 Å². The van der Waals surface area contributed by atoms with Crippen LogP contribution in [0.15, 0.2) is 29.3 Å². The van der Waals surface area contributed by atoms with E-state index in [0.29, 0.717) is 18.0 Å². The number of rotatable bonds is 9. The van der Waals surface area contributed by atoms with E-state index >= 15 is 0 Å². The Morgan fingerprint density at radius 2 is 2.07 bits per heavy atom. The summed E-state index contributed by atoms with van der Waals surface area (Å²) in [7, 11) is 1.55. The number of carbonyl (C=O) groups excluding carboxylic acids is 2. The van der Waals surface area contributed by atoms with Gasteiger partial charge in [0.1, 0.15) is 5.75 Å². The van der Waals surface area contributed by atoms with E-state index in [1.807, 2.05) is 0 Å². The lowest BCUT2D eigenvalue weighted by Crippen LogP contribution is -3.11. The van der Waals surface area contributed by atoms with Crippen molar-refractivity contribution in [3.05, 3.63) is 24.3 Å². The van der Waals surface area contributed by atoms with Crippen LogP contribution in [0.2, 0.25) is 0 Å². The van der Waals surface area contributed by atoms with Gasteiger partial charge in [-0.15, -0.1) is 0 Å². The summed E-state index contributed by atoms with van der Waals surface area (Å²) in [5.74, 6) is -1.23. The number of quaternary nitrogens is 1. The van der Waals surface area contributed by atoms with Crippen molar-refractivity contribution >= 4 is 41.0 Å². The van der Waals surface area contributed by atoms with Crippen LogP contribution in [0.1, 0.15) is 20.3 Å². The Morgan fingerprint density at radius 1 is 1.33 bits per heavy atom. The molecule has 8 heteroatoms. The van der Waals surface area contributed by atoms with Crippen LogP contribution in [0.4, 0.5) is 5.69 Å². The lowest BCUT2D eigenvalue weighted by molar-refractivity contribution is -0.896. The third-order valence-electron chi connectivity index (χ3n) is 4.59. The topological polar surface area (TPSA) is 75.4 Å². The van der Waals surface area contributed by atoms with Crippen LogP contribution >= 0.6 is 12.2 Å². The van der Waals surface area contributed by atoms with Crippen molar-refractivity contribution in [2.75, 3.05) is 38.2 Å². The molecule has 2 N–H and O–H groups in total. The molecule has 146 valence electrons. The van der Waals surface area contributed by atoms with Crippen LogP contribution in [-0.2, 0) is 9.59 Å². The second-order valence-electron chi connectivity index (χ2n) is 6.26. The number of methoxy groups -OCH3 is 1. The van der Waals surface area contributed by atoms with Crippen LogP contribution in [0, 0.1) is 5.92 Å². The molecule has 1 unspecified atom stereocenters. The van der Waals surface area contributed by atoms with E-state index in [1.54, 1.807) is 31.4 Å². The molecule has 2 amide bonds. The molecule has 0 bridgehead atoms. The molecule has 7 nitrogen and oxygen atoms in total. The van der Waals surface area contributed by atoms with Gasteiger partial charge < -0.3 is 15.0 Å². The number of carbonyl (C=O) groups is 2. The second kappa shape index (κ2) is 10.1. The minimum atomic E-state index is -0.983. The van der Waals surface area contributed by atoms with E-state index in [-0.39, 0.29) is 5.11 Å². The molecule has 0 aliphatic carbocycles. The van der Waals surface area contributed by atoms with Crippen LogP contribution in [0.3, 0.4) is 0 Å². The molecule has 1 aliphatic rings. The van der Waals surface area contributed by atoms with Gasteiger partial charge in [0.2, 0.25) is 5.91 Å². The molecule has 1 aromatic carbocycles. The number of ether oxygens (including phenoxy) is 1. The molecule has 27 heavy (non-hydrogen) atoms. The van der Waals surface area contributed by atoms with Gasteiger partial charge in [0.25, 0.3) is 5.91 Å². The summed E-state index contributed by atoms with van der Waals surface area (Å²) in [6.07, 6.45) is 2.35. The van der Waals surface area contributed by atoms with Gasteiger partial charge in [-0.1, -0.05) is 6.07 Å². The predicted molar refractivity (Wildman–Crippen MR) is 110 cm³/mol. The highest BCUT2D eigenvalue weighted by Crippen LogP contribution is 2.24. The summed E-state index contributed by atoms with van der Waals surface area (Å²) in [6.45, 7) is 8.08. The lowest BCUT2D eigenvalue weighted by Gasteiger charge is -2.31. The Labute approximate surface area is 165 Å². The van der Waals surface area contributed by atoms with Crippen molar-refractivity contribution in [1.82, 2.24) is 5.32 Å². The van der Waals surface area contributed by atoms with Gasteiger partial charge >= 0.3 is 0 Å². The van der Waals surface area contributed by atoms with Gasteiger partial charge in [-0.3, -0.25) is 19.5 Å². The first-order chi connectivity index (χ1) is 13.0. The maximum absolute atomic E-state index is 12.9. The number of benzene rings is 1. The molecule has 1 fully saturated rings. The van der Waals surface area contributed by atoms with E-state index in [2.05, 4.69) is 24.2 Å². The number of nitrogens with zero attached hydrogens (tertiary/aromatic N) is 2. The maximum Gasteiger partial charge on any atom is 0.251 e. The monoisotopic (exact) mass is 391 g/mol. The third kappa shape index (κ3) is 5.33. The van der Waals surface area contributed by atoms with Gasteiger partial charge in [-0.25, -0.2) is 0 Å². The quantitative estimate of drug-likeness (QED) is 0.277. The number of nitrogens with one attached hydrogen (secondary N) is 2. The SMILES string of the molecule is CC[NH+](CC)CCCN=CC1C(=O)NC(=S)N(c2cccc(OC)c2)C1=O. The lowest BCUT2D eigenvalue weighted by atomic mass is 10.1. The number of thiocarbonyl (C=S) groups is 1. The third-order valence-corrected chi connectivity index (χ3v) is 4.87. The molecule has 2 rings (SSSR count). The fourth-order valence-corrected chi connectivity index (χ4v) is 3.22. The Hall–Kier alpha value is -2.32. The highest BCUT2D eigenvalue weighted by molar-refractivity contribution is 7.80. The van der Waals surface area contributed by atoms with Gasteiger partial charge in [0, 0.05) is 25.2 Å². The Morgan fingerprint density at radius 3 is 2.74 bits per heavy atom. The number of hydrogen-bond donors (Lipinski definition) is 2. The van der Waals surface area contributed by atoms with E-state index in [4.69, 9.17) is 17.0 Å². The van der Waals surface area contributed by atoms with E-state index < -0.39 is 17.7 Å². The smallest absolute Gasteiger partial charge is 0.251 e. The molecule has 1 atom stereocenters. The first kappa shape index (κ1) is 21.0. The van der Waals surface area contributed by atoms with Crippen molar-refractivity contribution < 1.29 is 19.2 Å². The van der Waals surface area contributed by atoms with Crippen molar-refractivity contribution in [3.63, 3.8) is 0 Å². The largest absolute Gasteiger partial charge is 0.497 e. The van der Waals surface area contributed by atoms with E-state index in [0.717, 1.165) is 26.1 Å². The first-order valence-electron chi connectivity index (χ1n) is 9.18. The van der Waals surface area contributed by atoms with Crippen molar-refractivity contribution in [1.29, 1.82) is 0 Å². The standard InChI is InChI=1S/C19H26N4O3S/c1-4-22(5-2)11-7-10-20-13-16-17(24)21-19(27)23(18(16)25)14-8-6-9-15(12-14)26-3/h6,8-9,12-13,16H,4-5,7,10-11H2,1-3H3,(H,21,24,27)/p+1. The number of hydrogen-bond acceptors (Lipinski definition) is 5. The summed E-state index contributed by atoms with van der Waals surface area (Å²) in [5.41, 5.74) is 0.549. The predicted octanol–water partition coefficient (Wildman–Crippen LogP) is 0.445. The Kier molecular flexibility index (Phi) is 7.87. The minimum Gasteiger partial charge on any atom is -0.497 e. The zero-order valence-corrected chi connectivity index (χ0v) is 16.8. The maximum atomic E-state index is 12.9. The van der Waals surface area contributed by atoms with Gasteiger partial charge in [0.15, 0.2) is 11.0 Å². The van der Waals surface area contributed by atoms with Crippen LogP contribution in [0.25, 0.3) is 0 Å². The summed E-state index contributed by atoms with van der Waals surface area (Å²) < 4.78 is 5.20. The number of anilines is 1. The molecule has 1 heterocycles. The van der Waals surface area contributed by atoms with Crippen molar-refractivity contribution in [2.45, 2.75) is 20.3 Å². The summed E-state index contributed by atoms with van der Waals surface area (Å²) in [6, 6.07) is 6.98. The van der Waals surface area contributed by atoms with Gasteiger partial charge in [-0.05, 0) is 38.2 Å². The zero-order chi connectivity index (χ0) is 19.8. The Bertz CT molecular complexity index is 719. The molecule has 0 radical (unpaired) electrons. The van der Waals surface area contributed by atoms with Gasteiger partial charge in [-0.2, -0.15) is 0 Å². The molecule has 1 saturated heterocycles. The highest BCUT2D eigenvalue weighted by Gasteiger charge is 2.38. The minimum absolute atomic E-state index is 0.0630. The fraction of sp³-hybridized carbons (Fsp3) is 0.474. The normalized spacial score (nSPS) is 17.7. The molecule has 0 aromatic heterocycles. The molecular formula is C19H27N4O3S+. The van der Waals surface area contributed by atoms with Gasteiger partial charge in [0.05, 0.1) is 32.4 Å². The summed E-state index contributed by atoms with van der Waals surface area (Å²) in [5, 5.41) is 2.65. The summed E-state index contributed by atoms with van der Waals surface area (Å²) >= 11 is 5.19. The Balaban J connectivity index is 2.06. The molecule has 0 saturated carbocycles. The highest BCUT2D eigenvalue weighted by atomic mass is 32.1. The number of aliphatic imine (C=N–C) groups is 1. The van der Waals surface area contributed by atoms with E-state index in [1.165, 1.54) is 16.0 Å². The average molecular weight is 392 g/mol. The van der Waals surface area contributed by atoms with Crippen molar-refractivity contribution in [2.24, 2.45) is 10.9 Å².